The number of rotatable bonds is 7. The van der Waals surface area contributed by atoms with Gasteiger partial charge in [0.15, 0.2) is 8.32 Å². The number of hydrogen-bond acceptors (Lipinski definition) is 6. The molecule has 0 unspecified atom stereocenters. The number of hydrogen-bond donors (Lipinski definition) is 1. The van der Waals surface area contributed by atoms with Crippen LogP contribution in [0.4, 0.5) is 0 Å². The summed E-state index contributed by atoms with van der Waals surface area (Å²) in [6.07, 6.45) is 2.28. The van der Waals surface area contributed by atoms with Crippen LogP contribution in [-0.4, -0.2) is 42.2 Å². The summed E-state index contributed by atoms with van der Waals surface area (Å²) < 4.78 is 12.1. The van der Waals surface area contributed by atoms with Gasteiger partial charge in [0.05, 0.1) is 22.9 Å². The Morgan fingerprint density at radius 2 is 2.14 bits per heavy atom. The summed E-state index contributed by atoms with van der Waals surface area (Å²) in [4.78, 5) is 16.1. The van der Waals surface area contributed by atoms with Gasteiger partial charge in [-0.2, -0.15) is 0 Å². The van der Waals surface area contributed by atoms with E-state index in [2.05, 4.69) is 38.8 Å². The molecular weight excluding hydrogens is 390 g/mol. The van der Waals surface area contributed by atoms with Crippen LogP contribution in [0.3, 0.4) is 0 Å². The summed E-state index contributed by atoms with van der Waals surface area (Å²) in [5.41, 5.74) is 1.10. The highest BCUT2D eigenvalue weighted by atomic mass is 32.1. The molecule has 1 aromatic heterocycles. The van der Waals surface area contributed by atoms with Crippen molar-refractivity contribution in [2.45, 2.75) is 96.7 Å². The minimum atomic E-state index is -2.06. The number of aliphatic hydroxyl groups is 1. The number of nitrogens with zero attached hydrogens (tertiary/aromatic N) is 1. The molecule has 2 rings (SSSR count). The zero-order valence-electron chi connectivity index (χ0n) is 18.5. The number of esters is 1. The Bertz CT molecular complexity index is 737. The second-order valence-corrected chi connectivity index (χ2v) is 15.4. The van der Waals surface area contributed by atoms with Crippen LogP contribution in [0.1, 0.15) is 64.6 Å². The second-order valence-electron chi connectivity index (χ2n) is 9.58. The molecule has 2 heterocycles. The molecule has 0 aliphatic carbocycles. The average molecular weight is 426 g/mol. The molecule has 3 atom stereocenters. The first-order valence-electron chi connectivity index (χ1n) is 9.91. The van der Waals surface area contributed by atoms with Crippen molar-refractivity contribution >= 4 is 31.7 Å². The molecular formula is C21H35NO4SSi. The monoisotopic (exact) mass is 425 g/mol. The van der Waals surface area contributed by atoms with Gasteiger partial charge in [0.2, 0.25) is 0 Å². The Kier molecular flexibility index (Phi) is 6.96. The lowest BCUT2D eigenvalue weighted by atomic mass is 9.90. The highest BCUT2D eigenvalue weighted by molar-refractivity contribution is 7.09. The largest absolute Gasteiger partial charge is 0.457 e. The Morgan fingerprint density at radius 1 is 1.50 bits per heavy atom. The first kappa shape index (κ1) is 23.3. The van der Waals surface area contributed by atoms with Gasteiger partial charge in [0.1, 0.15) is 5.60 Å². The quantitative estimate of drug-likeness (QED) is 0.487. The Labute approximate surface area is 174 Å². The maximum Gasteiger partial charge on any atom is 0.306 e. The van der Waals surface area contributed by atoms with Crippen molar-refractivity contribution in [3.8, 4) is 0 Å². The third kappa shape index (κ3) is 5.53. The SMILES string of the molecule is C/C(=C\c1csc(C)n1)[C@H](C[C@H](O)[C@]1(C)CCC(=O)O1)O[Si](C)(C)C(C)(C)C. The lowest BCUT2D eigenvalue weighted by Gasteiger charge is -2.41. The van der Waals surface area contributed by atoms with Crippen LogP contribution in [0.25, 0.3) is 6.08 Å². The predicted octanol–water partition coefficient (Wildman–Crippen LogP) is 5.09. The van der Waals surface area contributed by atoms with Crippen molar-refractivity contribution < 1.29 is 19.1 Å². The number of thiazole rings is 1. The van der Waals surface area contributed by atoms with Crippen LogP contribution in [0.5, 0.6) is 0 Å². The molecule has 5 nitrogen and oxygen atoms in total. The molecule has 28 heavy (non-hydrogen) atoms. The fourth-order valence-electron chi connectivity index (χ4n) is 3.03. The molecule has 0 radical (unpaired) electrons. The standard InChI is InChI=1S/C21H35NO4SSi/c1-14(11-16-13-27-15(2)22-16)17(26-28(7,8)20(3,4)5)12-18(23)21(6)10-9-19(24)25-21/h11,13,17-18,23H,9-10,12H2,1-8H3/b14-11+/t17-,18-,21-/m0/s1. The number of carbonyl (C=O) groups is 1. The van der Waals surface area contributed by atoms with E-state index < -0.39 is 20.0 Å². The van der Waals surface area contributed by atoms with Gasteiger partial charge in [-0.3, -0.25) is 4.79 Å². The van der Waals surface area contributed by atoms with Crippen molar-refractivity contribution in [2.75, 3.05) is 0 Å². The van der Waals surface area contributed by atoms with Gasteiger partial charge in [-0.05, 0) is 57.0 Å². The molecule has 1 aromatic rings. The molecule has 0 aromatic carbocycles. The summed E-state index contributed by atoms with van der Waals surface area (Å²) in [6.45, 7) is 16.9. The van der Waals surface area contributed by atoms with Gasteiger partial charge in [-0.1, -0.05) is 20.8 Å². The second kappa shape index (κ2) is 8.38. The number of carbonyl (C=O) groups excluding carboxylic acids is 1. The van der Waals surface area contributed by atoms with Crippen molar-refractivity contribution in [3.05, 3.63) is 21.7 Å². The fraction of sp³-hybridized carbons (Fsp3) is 0.714. The van der Waals surface area contributed by atoms with Crippen LogP contribution < -0.4 is 0 Å². The fourth-order valence-corrected chi connectivity index (χ4v) is 4.95. The van der Waals surface area contributed by atoms with Crippen LogP contribution in [0.2, 0.25) is 18.1 Å². The van der Waals surface area contributed by atoms with Crippen LogP contribution in [0, 0.1) is 6.92 Å². The molecule has 0 amide bonds. The predicted molar refractivity (Wildman–Crippen MR) is 117 cm³/mol. The Balaban J connectivity index is 2.27. The summed E-state index contributed by atoms with van der Waals surface area (Å²) in [7, 11) is -2.06. The molecule has 1 aliphatic rings. The van der Waals surface area contributed by atoms with Gasteiger partial charge in [-0.15, -0.1) is 11.3 Å². The van der Waals surface area contributed by atoms with E-state index in [1.54, 1.807) is 11.3 Å². The normalized spacial score (nSPS) is 23.6. The smallest absolute Gasteiger partial charge is 0.306 e. The molecule has 0 bridgehead atoms. The number of ether oxygens (including phenoxy) is 1. The number of aryl methyl sites for hydroxylation is 1. The molecule has 7 heteroatoms. The van der Waals surface area contributed by atoms with E-state index in [-0.39, 0.29) is 17.1 Å². The van der Waals surface area contributed by atoms with Crippen molar-refractivity contribution in [1.29, 1.82) is 0 Å². The zero-order chi connectivity index (χ0) is 21.3. The van der Waals surface area contributed by atoms with E-state index >= 15 is 0 Å². The van der Waals surface area contributed by atoms with E-state index in [0.717, 1.165) is 16.3 Å². The number of aromatic nitrogens is 1. The van der Waals surface area contributed by atoms with E-state index in [1.807, 2.05) is 32.2 Å². The van der Waals surface area contributed by atoms with Crippen LogP contribution >= 0.6 is 11.3 Å². The van der Waals surface area contributed by atoms with E-state index in [9.17, 15) is 9.90 Å². The van der Waals surface area contributed by atoms with Gasteiger partial charge in [0.25, 0.3) is 0 Å². The molecule has 0 spiro atoms. The lowest BCUT2D eigenvalue weighted by Crippen LogP contribution is -2.47. The summed E-state index contributed by atoms with van der Waals surface area (Å²) in [5, 5.41) is 14.0. The Morgan fingerprint density at radius 3 is 2.61 bits per heavy atom. The number of cyclic esters (lactones) is 1. The average Bonchev–Trinajstić information content (AvgIpc) is 3.11. The summed E-state index contributed by atoms with van der Waals surface area (Å²) in [6, 6.07) is 0. The van der Waals surface area contributed by atoms with Crippen molar-refractivity contribution in [1.82, 2.24) is 4.98 Å². The minimum Gasteiger partial charge on any atom is -0.457 e. The first-order valence-corrected chi connectivity index (χ1v) is 13.7. The van der Waals surface area contributed by atoms with Gasteiger partial charge < -0.3 is 14.3 Å². The maximum absolute atomic E-state index is 11.6. The van der Waals surface area contributed by atoms with E-state index in [0.29, 0.717) is 19.3 Å². The zero-order valence-corrected chi connectivity index (χ0v) is 20.3. The molecule has 1 N–H and O–H groups in total. The minimum absolute atomic E-state index is 0.0530. The topological polar surface area (TPSA) is 68.7 Å². The van der Waals surface area contributed by atoms with Crippen molar-refractivity contribution in [2.24, 2.45) is 0 Å². The third-order valence-electron chi connectivity index (χ3n) is 6.08. The van der Waals surface area contributed by atoms with Crippen LogP contribution in [-0.2, 0) is 14.0 Å². The van der Waals surface area contributed by atoms with Crippen LogP contribution in [0.15, 0.2) is 11.0 Å². The highest BCUT2D eigenvalue weighted by Gasteiger charge is 2.45. The van der Waals surface area contributed by atoms with E-state index in [4.69, 9.17) is 9.16 Å². The van der Waals surface area contributed by atoms with Gasteiger partial charge in [-0.25, -0.2) is 4.98 Å². The third-order valence-corrected chi connectivity index (χ3v) is 11.4. The molecule has 1 saturated heterocycles. The Hall–Kier alpha value is -1.02. The van der Waals surface area contributed by atoms with Gasteiger partial charge in [0, 0.05) is 18.2 Å². The molecule has 158 valence electrons. The maximum atomic E-state index is 11.6. The van der Waals surface area contributed by atoms with Crippen molar-refractivity contribution in [3.63, 3.8) is 0 Å². The molecule has 1 fully saturated rings. The first-order chi connectivity index (χ1) is 12.7. The summed E-state index contributed by atoms with van der Waals surface area (Å²) >= 11 is 1.61. The van der Waals surface area contributed by atoms with Gasteiger partial charge >= 0.3 is 5.97 Å². The van der Waals surface area contributed by atoms with E-state index in [1.165, 1.54) is 0 Å². The highest BCUT2D eigenvalue weighted by Crippen LogP contribution is 2.40. The lowest BCUT2D eigenvalue weighted by molar-refractivity contribution is -0.157. The number of aliphatic hydroxyl groups excluding tert-OH is 1. The molecule has 1 aliphatic heterocycles. The molecule has 0 saturated carbocycles. The summed E-state index contributed by atoms with van der Waals surface area (Å²) in [5.74, 6) is -0.242.